The van der Waals surface area contributed by atoms with Crippen molar-refractivity contribution in [3.05, 3.63) is 59.9 Å². The Morgan fingerprint density at radius 1 is 1.00 bits per heavy atom. The molecule has 0 atom stereocenters. The molecule has 29 heavy (non-hydrogen) atoms. The molecule has 6 heteroatoms. The number of carbonyl (C=O) groups is 2. The minimum atomic E-state index is -0.246. The van der Waals surface area contributed by atoms with E-state index in [0.29, 0.717) is 55.6 Å². The van der Waals surface area contributed by atoms with Gasteiger partial charge in [-0.15, -0.1) is 0 Å². The zero-order chi connectivity index (χ0) is 20.6. The van der Waals surface area contributed by atoms with Crippen molar-refractivity contribution in [3.8, 4) is 5.75 Å². The summed E-state index contributed by atoms with van der Waals surface area (Å²) in [4.78, 5) is 24.9. The highest BCUT2D eigenvalue weighted by Crippen LogP contribution is 2.30. The molecule has 0 bridgehead atoms. The molecule has 0 unspecified atom stereocenters. The predicted molar refractivity (Wildman–Crippen MR) is 110 cm³/mol. The van der Waals surface area contributed by atoms with Crippen molar-refractivity contribution >= 4 is 17.5 Å². The Labute approximate surface area is 170 Å². The lowest BCUT2D eigenvalue weighted by molar-refractivity contribution is -0.128. The molecule has 0 radical (unpaired) electrons. The van der Waals surface area contributed by atoms with Crippen LogP contribution in [0.3, 0.4) is 0 Å². The van der Waals surface area contributed by atoms with Gasteiger partial charge >= 0.3 is 0 Å². The fourth-order valence-electron chi connectivity index (χ4n) is 3.73. The number of halogens is 1. The van der Waals surface area contributed by atoms with Crippen LogP contribution in [0.25, 0.3) is 0 Å². The maximum Gasteiger partial charge on any atom is 0.227 e. The molecule has 154 valence electrons. The van der Waals surface area contributed by atoms with Crippen LogP contribution in [0.5, 0.6) is 5.75 Å². The van der Waals surface area contributed by atoms with E-state index in [4.69, 9.17) is 4.74 Å². The van der Waals surface area contributed by atoms with E-state index in [-0.39, 0.29) is 29.5 Å². The summed E-state index contributed by atoms with van der Waals surface area (Å²) in [6.07, 6.45) is 3.20. The highest BCUT2D eigenvalue weighted by molar-refractivity contribution is 5.93. The van der Waals surface area contributed by atoms with Crippen LogP contribution in [0.1, 0.15) is 31.2 Å². The molecule has 2 aromatic carbocycles. The third-order valence-corrected chi connectivity index (χ3v) is 5.46. The lowest BCUT2D eigenvalue weighted by Gasteiger charge is -2.27. The molecule has 0 saturated heterocycles. The first-order valence-electron chi connectivity index (χ1n) is 10.0. The molecule has 1 saturated carbocycles. The van der Waals surface area contributed by atoms with Gasteiger partial charge in [0.2, 0.25) is 11.8 Å². The lowest BCUT2D eigenvalue weighted by Crippen LogP contribution is -2.36. The van der Waals surface area contributed by atoms with E-state index in [2.05, 4.69) is 10.6 Å². The number of rotatable bonds is 7. The highest BCUT2D eigenvalue weighted by atomic mass is 19.1. The van der Waals surface area contributed by atoms with Gasteiger partial charge in [-0.1, -0.05) is 24.3 Å². The Balaban J connectivity index is 1.41. The van der Waals surface area contributed by atoms with Crippen molar-refractivity contribution in [2.75, 3.05) is 19.0 Å². The Hall–Kier alpha value is -2.89. The van der Waals surface area contributed by atoms with Crippen LogP contribution < -0.4 is 15.4 Å². The number of carbonyl (C=O) groups excluding carboxylic acids is 2. The van der Waals surface area contributed by atoms with E-state index in [1.54, 1.807) is 31.4 Å². The first kappa shape index (κ1) is 20.8. The van der Waals surface area contributed by atoms with Crippen molar-refractivity contribution in [3.63, 3.8) is 0 Å². The Kier molecular flexibility index (Phi) is 7.22. The summed E-state index contributed by atoms with van der Waals surface area (Å²) in [5, 5.41) is 5.84. The maximum atomic E-state index is 13.6. The second kappa shape index (κ2) is 10.0. The minimum absolute atomic E-state index is 0.00649. The van der Waals surface area contributed by atoms with E-state index >= 15 is 0 Å². The molecule has 2 aromatic rings. The maximum absolute atomic E-state index is 13.6. The summed E-state index contributed by atoms with van der Waals surface area (Å²) in [6.45, 7) is 0.413. The van der Waals surface area contributed by atoms with Gasteiger partial charge < -0.3 is 15.4 Å². The van der Waals surface area contributed by atoms with Crippen LogP contribution in [-0.4, -0.2) is 25.5 Å². The third kappa shape index (κ3) is 5.79. The van der Waals surface area contributed by atoms with Gasteiger partial charge in [-0.3, -0.25) is 9.59 Å². The van der Waals surface area contributed by atoms with E-state index in [1.807, 2.05) is 18.2 Å². The van der Waals surface area contributed by atoms with Gasteiger partial charge in [-0.2, -0.15) is 0 Å². The Morgan fingerprint density at radius 2 is 1.69 bits per heavy atom. The first-order valence-corrected chi connectivity index (χ1v) is 10.0. The summed E-state index contributed by atoms with van der Waals surface area (Å²) in [7, 11) is 1.59. The average molecular weight is 398 g/mol. The van der Waals surface area contributed by atoms with Gasteiger partial charge in [-0.25, -0.2) is 4.39 Å². The molecule has 1 aliphatic rings. The molecule has 3 rings (SSSR count). The molecule has 5 nitrogen and oxygen atoms in total. The highest BCUT2D eigenvalue weighted by Gasteiger charge is 2.29. The second-order valence-electron chi connectivity index (χ2n) is 7.40. The number of methoxy groups -OCH3 is 1. The van der Waals surface area contributed by atoms with Gasteiger partial charge in [0.25, 0.3) is 0 Å². The van der Waals surface area contributed by atoms with E-state index in [0.717, 1.165) is 0 Å². The number of hydrogen-bond acceptors (Lipinski definition) is 3. The van der Waals surface area contributed by atoms with Crippen molar-refractivity contribution in [1.82, 2.24) is 5.32 Å². The minimum Gasteiger partial charge on any atom is -0.497 e. The van der Waals surface area contributed by atoms with Gasteiger partial charge in [0, 0.05) is 30.1 Å². The third-order valence-electron chi connectivity index (χ3n) is 5.46. The van der Waals surface area contributed by atoms with Gasteiger partial charge in [-0.05, 0) is 55.9 Å². The lowest BCUT2D eigenvalue weighted by atomic mass is 9.81. The quantitative estimate of drug-likeness (QED) is 0.742. The largest absolute Gasteiger partial charge is 0.497 e. The molecule has 0 aromatic heterocycles. The molecule has 0 aliphatic heterocycles. The van der Waals surface area contributed by atoms with Gasteiger partial charge in [0.1, 0.15) is 11.6 Å². The second-order valence-corrected chi connectivity index (χ2v) is 7.40. The van der Waals surface area contributed by atoms with E-state index in [1.165, 1.54) is 6.07 Å². The molecule has 1 aliphatic carbocycles. The number of nitrogens with one attached hydrogen (secondary N) is 2. The van der Waals surface area contributed by atoms with Crippen molar-refractivity contribution in [2.24, 2.45) is 11.8 Å². The Bertz CT molecular complexity index is 848. The van der Waals surface area contributed by atoms with Crippen LogP contribution in [0.15, 0.2) is 48.5 Å². The topological polar surface area (TPSA) is 67.4 Å². The fourth-order valence-corrected chi connectivity index (χ4v) is 3.73. The fraction of sp³-hybridized carbons (Fsp3) is 0.391. The van der Waals surface area contributed by atoms with Crippen LogP contribution in [0, 0.1) is 17.7 Å². The standard InChI is InChI=1S/C23H27FN2O3/c1-29-20-7-4-6-19(15-20)26-23(28)18-11-9-17(10-12-18)22(27)25-14-13-16-5-2-3-8-21(16)24/h2-8,15,17-18H,9-14H2,1H3,(H,25,27)(H,26,28). The number of anilines is 1. The molecule has 2 amide bonds. The Morgan fingerprint density at radius 3 is 2.38 bits per heavy atom. The molecular formula is C23H27FN2O3. The normalized spacial score (nSPS) is 18.7. The summed E-state index contributed by atoms with van der Waals surface area (Å²) in [5.41, 5.74) is 1.31. The molecular weight excluding hydrogens is 371 g/mol. The number of ether oxygens (including phenoxy) is 1. The van der Waals surface area contributed by atoms with Crippen LogP contribution in [0.4, 0.5) is 10.1 Å². The number of hydrogen-bond donors (Lipinski definition) is 2. The zero-order valence-electron chi connectivity index (χ0n) is 16.6. The van der Waals surface area contributed by atoms with Gasteiger partial charge in [0.15, 0.2) is 0 Å². The molecule has 2 N–H and O–H groups in total. The summed E-state index contributed by atoms with van der Waals surface area (Å²) >= 11 is 0. The monoisotopic (exact) mass is 398 g/mol. The molecule has 1 fully saturated rings. The predicted octanol–water partition coefficient (Wildman–Crippen LogP) is 3.94. The van der Waals surface area contributed by atoms with Crippen molar-refractivity contribution in [1.29, 1.82) is 0 Å². The van der Waals surface area contributed by atoms with Crippen molar-refractivity contribution < 1.29 is 18.7 Å². The summed E-state index contributed by atoms with van der Waals surface area (Å²) < 4.78 is 18.8. The van der Waals surface area contributed by atoms with Crippen LogP contribution >= 0.6 is 0 Å². The average Bonchev–Trinajstić information content (AvgIpc) is 2.75. The van der Waals surface area contributed by atoms with E-state index < -0.39 is 0 Å². The number of amides is 2. The number of benzene rings is 2. The van der Waals surface area contributed by atoms with E-state index in [9.17, 15) is 14.0 Å². The first-order chi connectivity index (χ1) is 14.1. The van der Waals surface area contributed by atoms with Gasteiger partial charge in [0.05, 0.1) is 7.11 Å². The SMILES string of the molecule is COc1cccc(NC(=O)C2CCC(C(=O)NCCc3ccccc3F)CC2)c1. The molecule has 0 heterocycles. The summed E-state index contributed by atoms with van der Waals surface area (Å²) in [5.74, 6) is 0.243. The smallest absolute Gasteiger partial charge is 0.227 e. The van der Waals surface area contributed by atoms with Crippen molar-refractivity contribution in [2.45, 2.75) is 32.1 Å². The van der Waals surface area contributed by atoms with Crippen LogP contribution in [0.2, 0.25) is 0 Å². The molecule has 0 spiro atoms. The summed E-state index contributed by atoms with van der Waals surface area (Å²) in [6, 6.07) is 13.9. The zero-order valence-corrected chi connectivity index (χ0v) is 16.6. The van der Waals surface area contributed by atoms with Crippen LogP contribution in [-0.2, 0) is 16.0 Å².